The van der Waals surface area contributed by atoms with Gasteiger partial charge >= 0.3 is 0 Å². The number of nitrogens with zero attached hydrogens (tertiary/aromatic N) is 2. The van der Waals surface area contributed by atoms with Gasteiger partial charge in [0.25, 0.3) is 0 Å². The van der Waals surface area contributed by atoms with Gasteiger partial charge in [0.1, 0.15) is 0 Å². The Morgan fingerprint density at radius 2 is 1.94 bits per heavy atom. The lowest BCUT2D eigenvalue weighted by atomic mass is 10.0. The van der Waals surface area contributed by atoms with E-state index in [0.29, 0.717) is 0 Å². The van der Waals surface area contributed by atoms with E-state index in [4.69, 9.17) is 0 Å². The zero-order valence-corrected chi connectivity index (χ0v) is 11.2. The van der Waals surface area contributed by atoms with Crippen LogP contribution in [-0.2, 0) is 7.05 Å². The maximum atomic E-state index is 4.45. The molecule has 0 saturated heterocycles. The van der Waals surface area contributed by atoms with Crippen LogP contribution in [-0.4, -0.2) is 23.1 Å². The summed E-state index contributed by atoms with van der Waals surface area (Å²) in [6, 6.07) is 10.8. The number of rotatable bonds is 4. The van der Waals surface area contributed by atoms with Gasteiger partial charge in [0.15, 0.2) is 0 Å². The first kappa shape index (κ1) is 12.2. The molecule has 0 radical (unpaired) electrons. The molecule has 0 fully saturated rings. The molecule has 0 spiro atoms. The van der Waals surface area contributed by atoms with Crippen molar-refractivity contribution in [2.45, 2.75) is 10.9 Å². The SMILES string of the molecule is CNC(c1ccc(SC)cc1)c1ccn(C)n1. The van der Waals surface area contributed by atoms with Crippen LogP contribution in [0.25, 0.3) is 0 Å². The topological polar surface area (TPSA) is 29.9 Å². The van der Waals surface area contributed by atoms with Gasteiger partial charge in [0, 0.05) is 18.1 Å². The van der Waals surface area contributed by atoms with Crippen LogP contribution in [0.5, 0.6) is 0 Å². The summed E-state index contributed by atoms with van der Waals surface area (Å²) < 4.78 is 1.83. The number of nitrogens with one attached hydrogen (secondary N) is 1. The van der Waals surface area contributed by atoms with Gasteiger partial charge in [-0.25, -0.2) is 0 Å². The first-order chi connectivity index (χ1) is 8.24. The Kier molecular flexibility index (Phi) is 3.86. The number of thioether (sulfide) groups is 1. The maximum Gasteiger partial charge on any atom is 0.0839 e. The van der Waals surface area contributed by atoms with Crippen molar-refractivity contribution < 1.29 is 0 Å². The molecule has 2 aromatic rings. The number of hydrogen-bond donors (Lipinski definition) is 1. The minimum Gasteiger partial charge on any atom is -0.308 e. The Hall–Kier alpha value is -1.26. The van der Waals surface area contributed by atoms with Gasteiger partial charge in [0.2, 0.25) is 0 Å². The smallest absolute Gasteiger partial charge is 0.0839 e. The molecule has 0 bridgehead atoms. The standard InChI is InChI=1S/C13H17N3S/c1-14-13(12-8-9-16(2)15-12)10-4-6-11(17-3)7-5-10/h4-9,13-14H,1-3H3. The van der Waals surface area contributed by atoms with Crippen molar-refractivity contribution in [2.75, 3.05) is 13.3 Å². The number of benzene rings is 1. The fourth-order valence-corrected chi connectivity index (χ4v) is 2.28. The molecule has 0 aliphatic rings. The molecule has 1 atom stereocenters. The zero-order chi connectivity index (χ0) is 12.3. The maximum absolute atomic E-state index is 4.45. The highest BCUT2D eigenvalue weighted by molar-refractivity contribution is 7.98. The second kappa shape index (κ2) is 5.38. The molecule has 0 aliphatic heterocycles. The Labute approximate surface area is 106 Å². The van der Waals surface area contributed by atoms with Gasteiger partial charge in [0.05, 0.1) is 11.7 Å². The molecule has 1 heterocycles. The lowest BCUT2D eigenvalue weighted by Crippen LogP contribution is -2.18. The van der Waals surface area contributed by atoms with E-state index in [2.05, 4.69) is 40.9 Å². The fourth-order valence-electron chi connectivity index (χ4n) is 1.87. The minimum absolute atomic E-state index is 0.159. The van der Waals surface area contributed by atoms with Gasteiger partial charge in [-0.05, 0) is 37.1 Å². The zero-order valence-electron chi connectivity index (χ0n) is 10.3. The van der Waals surface area contributed by atoms with Crippen molar-refractivity contribution in [2.24, 2.45) is 7.05 Å². The van der Waals surface area contributed by atoms with Gasteiger partial charge in [-0.1, -0.05) is 12.1 Å². The van der Waals surface area contributed by atoms with Gasteiger partial charge in [-0.15, -0.1) is 11.8 Å². The molecule has 1 N–H and O–H groups in total. The van der Waals surface area contributed by atoms with Crippen LogP contribution in [0.15, 0.2) is 41.4 Å². The Morgan fingerprint density at radius 1 is 1.24 bits per heavy atom. The second-order valence-electron chi connectivity index (χ2n) is 3.91. The summed E-state index contributed by atoms with van der Waals surface area (Å²) in [5.41, 5.74) is 2.29. The van der Waals surface area contributed by atoms with Crippen molar-refractivity contribution in [3.63, 3.8) is 0 Å². The molecule has 0 saturated carbocycles. The van der Waals surface area contributed by atoms with Crippen LogP contribution in [0.4, 0.5) is 0 Å². The molecule has 1 aromatic carbocycles. The van der Waals surface area contributed by atoms with Gasteiger partial charge < -0.3 is 5.32 Å². The molecule has 1 aromatic heterocycles. The highest BCUT2D eigenvalue weighted by atomic mass is 32.2. The van der Waals surface area contributed by atoms with Crippen LogP contribution in [0.3, 0.4) is 0 Å². The second-order valence-corrected chi connectivity index (χ2v) is 4.79. The number of hydrogen-bond acceptors (Lipinski definition) is 3. The summed E-state index contributed by atoms with van der Waals surface area (Å²) in [7, 11) is 3.90. The van der Waals surface area contributed by atoms with E-state index in [1.165, 1.54) is 10.5 Å². The third-order valence-corrected chi connectivity index (χ3v) is 3.51. The molecule has 0 amide bonds. The summed E-state index contributed by atoms with van der Waals surface area (Å²) in [5, 5.41) is 7.75. The van der Waals surface area contributed by atoms with E-state index in [-0.39, 0.29) is 6.04 Å². The van der Waals surface area contributed by atoms with Crippen molar-refractivity contribution >= 4 is 11.8 Å². The summed E-state index contributed by atoms with van der Waals surface area (Å²) in [6.45, 7) is 0. The summed E-state index contributed by atoms with van der Waals surface area (Å²) in [6.07, 6.45) is 4.05. The Bertz CT molecular complexity index is 476. The van der Waals surface area contributed by atoms with E-state index in [1.54, 1.807) is 11.8 Å². The summed E-state index contributed by atoms with van der Waals surface area (Å²) in [4.78, 5) is 1.28. The van der Waals surface area contributed by atoms with Crippen molar-refractivity contribution in [1.29, 1.82) is 0 Å². The quantitative estimate of drug-likeness (QED) is 0.842. The lowest BCUT2D eigenvalue weighted by molar-refractivity contribution is 0.641. The molecule has 17 heavy (non-hydrogen) atoms. The number of aromatic nitrogens is 2. The number of aryl methyl sites for hydroxylation is 1. The lowest BCUT2D eigenvalue weighted by Gasteiger charge is -2.14. The van der Waals surface area contributed by atoms with Gasteiger partial charge in [-0.3, -0.25) is 4.68 Å². The molecular weight excluding hydrogens is 230 g/mol. The first-order valence-corrected chi connectivity index (χ1v) is 6.78. The molecule has 90 valence electrons. The molecule has 2 rings (SSSR count). The molecule has 0 aliphatic carbocycles. The van der Waals surface area contributed by atoms with Crippen molar-refractivity contribution in [3.8, 4) is 0 Å². The predicted octanol–water partition coefficient (Wildman–Crippen LogP) is 2.45. The highest BCUT2D eigenvalue weighted by Crippen LogP contribution is 2.22. The average Bonchev–Trinajstić information content (AvgIpc) is 2.78. The first-order valence-electron chi connectivity index (χ1n) is 5.55. The van der Waals surface area contributed by atoms with Crippen LogP contribution in [0, 0.1) is 0 Å². The highest BCUT2D eigenvalue weighted by Gasteiger charge is 2.14. The van der Waals surface area contributed by atoms with Crippen LogP contribution in [0.2, 0.25) is 0 Å². The molecule has 3 nitrogen and oxygen atoms in total. The average molecular weight is 247 g/mol. The Balaban J connectivity index is 2.28. The summed E-state index contributed by atoms with van der Waals surface area (Å²) in [5.74, 6) is 0. The molecule has 1 unspecified atom stereocenters. The fraction of sp³-hybridized carbons (Fsp3) is 0.308. The van der Waals surface area contributed by atoms with E-state index < -0.39 is 0 Å². The van der Waals surface area contributed by atoms with E-state index >= 15 is 0 Å². The normalized spacial score (nSPS) is 12.6. The minimum atomic E-state index is 0.159. The summed E-state index contributed by atoms with van der Waals surface area (Å²) >= 11 is 1.76. The van der Waals surface area contributed by atoms with E-state index in [9.17, 15) is 0 Å². The van der Waals surface area contributed by atoms with Gasteiger partial charge in [-0.2, -0.15) is 5.10 Å². The van der Waals surface area contributed by atoms with E-state index in [1.807, 2.05) is 31.0 Å². The van der Waals surface area contributed by atoms with Crippen LogP contribution >= 0.6 is 11.8 Å². The van der Waals surface area contributed by atoms with E-state index in [0.717, 1.165) is 5.69 Å². The third kappa shape index (κ3) is 2.70. The van der Waals surface area contributed by atoms with Crippen molar-refractivity contribution in [1.82, 2.24) is 15.1 Å². The van der Waals surface area contributed by atoms with Crippen LogP contribution < -0.4 is 5.32 Å². The monoisotopic (exact) mass is 247 g/mol. The van der Waals surface area contributed by atoms with Crippen molar-refractivity contribution in [3.05, 3.63) is 47.8 Å². The molecule has 4 heteroatoms. The molecular formula is C13H17N3S. The third-order valence-electron chi connectivity index (χ3n) is 2.77. The predicted molar refractivity (Wildman–Crippen MR) is 72.3 cm³/mol. The van der Waals surface area contributed by atoms with Crippen LogP contribution in [0.1, 0.15) is 17.3 Å². The largest absolute Gasteiger partial charge is 0.308 e. The Morgan fingerprint density at radius 3 is 2.41 bits per heavy atom.